The molecule has 0 saturated carbocycles. The third-order valence-corrected chi connectivity index (χ3v) is 4.33. The number of carbonyl (C=O) groups is 1. The number of hydrogen-bond donors (Lipinski definition) is 1. The molecule has 0 spiro atoms. The van der Waals surface area contributed by atoms with Crippen LogP contribution in [0.3, 0.4) is 0 Å². The molecule has 0 aliphatic heterocycles. The van der Waals surface area contributed by atoms with Gasteiger partial charge in [-0.15, -0.1) is 11.3 Å². The number of aryl methyl sites for hydroxylation is 1. The van der Waals surface area contributed by atoms with Gasteiger partial charge in [0.2, 0.25) is 0 Å². The van der Waals surface area contributed by atoms with E-state index in [9.17, 15) is 4.79 Å². The molecule has 0 aliphatic carbocycles. The average molecular weight is 342 g/mol. The van der Waals surface area contributed by atoms with Crippen LogP contribution in [0.15, 0.2) is 35.8 Å². The number of carbonyl (C=O) groups excluding carboxylic acids is 1. The van der Waals surface area contributed by atoms with Crippen LogP contribution in [0.4, 0.5) is 5.82 Å². The van der Waals surface area contributed by atoms with E-state index in [2.05, 4.69) is 20.4 Å². The molecule has 3 rings (SSSR count). The van der Waals surface area contributed by atoms with Gasteiger partial charge in [0.15, 0.2) is 0 Å². The van der Waals surface area contributed by atoms with Gasteiger partial charge in [-0.3, -0.25) is 9.48 Å². The quantitative estimate of drug-likeness (QED) is 0.767. The number of thiophene rings is 1. The molecule has 24 heavy (non-hydrogen) atoms. The molecule has 0 unspecified atom stereocenters. The minimum atomic E-state index is -0.202. The predicted octanol–water partition coefficient (Wildman–Crippen LogP) is 1.93. The largest absolute Gasteiger partial charge is 0.363 e. The van der Waals surface area contributed by atoms with E-state index in [0.717, 1.165) is 16.4 Å². The fraction of sp³-hybridized carbons (Fsp3) is 0.250. The van der Waals surface area contributed by atoms with Crippen molar-refractivity contribution in [2.45, 2.75) is 6.54 Å². The molecule has 0 bridgehead atoms. The highest BCUT2D eigenvalue weighted by Gasteiger charge is 2.15. The molecule has 0 saturated heterocycles. The minimum Gasteiger partial charge on any atom is -0.363 e. The van der Waals surface area contributed by atoms with Gasteiger partial charge < -0.3 is 10.2 Å². The van der Waals surface area contributed by atoms with E-state index < -0.39 is 0 Å². The summed E-state index contributed by atoms with van der Waals surface area (Å²) >= 11 is 1.59. The van der Waals surface area contributed by atoms with Crippen LogP contribution in [0.25, 0.3) is 10.6 Å². The summed E-state index contributed by atoms with van der Waals surface area (Å²) in [5.41, 5.74) is 1.30. The molecular formula is C16H18N6OS. The van der Waals surface area contributed by atoms with Gasteiger partial charge in [-0.1, -0.05) is 6.07 Å². The van der Waals surface area contributed by atoms with E-state index in [0.29, 0.717) is 11.5 Å². The summed E-state index contributed by atoms with van der Waals surface area (Å²) in [5.74, 6) is 1.16. The second-order valence-corrected chi connectivity index (χ2v) is 6.37. The predicted molar refractivity (Wildman–Crippen MR) is 94.1 cm³/mol. The first-order valence-electron chi connectivity index (χ1n) is 7.40. The highest BCUT2D eigenvalue weighted by atomic mass is 32.1. The Morgan fingerprint density at radius 1 is 1.38 bits per heavy atom. The zero-order valence-corrected chi connectivity index (χ0v) is 14.5. The number of aromatic nitrogens is 4. The number of rotatable bonds is 5. The fourth-order valence-corrected chi connectivity index (χ4v) is 2.88. The molecule has 3 aromatic rings. The maximum Gasteiger partial charge on any atom is 0.269 e. The molecule has 0 fully saturated rings. The monoisotopic (exact) mass is 342 g/mol. The molecule has 8 heteroatoms. The van der Waals surface area contributed by atoms with Crippen LogP contribution >= 0.6 is 11.3 Å². The second-order valence-electron chi connectivity index (χ2n) is 5.42. The van der Waals surface area contributed by atoms with Crippen molar-refractivity contribution in [1.82, 2.24) is 25.1 Å². The Labute approximate surface area is 144 Å². The van der Waals surface area contributed by atoms with Crippen molar-refractivity contribution >= 4 is 23.1 Å². The van der Waals surface area contributed by atoms with Crippen LogP contribution in [0.1, 0.15) is 16.3 Å². The summed E-state index contributed by atoms with van der Waals surface area (Å²) in [5, 5.41) is 9.22. The van der Waals surface area contributed by atoms with Gasteiger partial charge in [0.25, 0.3) is 5.91 Å². The molecular weight excluding hydrogens is 324 g/mol. The van der Waals surface area contributed by atoms with Crippen molar-refractivity contribution in [3.8, 4) is 10.6 Å². The third-order valence-electron chi connectivity index (χ3n) is 3.44. The van der Waals surface area contributed by atoms with Crippen molar-refractivity contribution < 1.29 is 4.79 Å². The van der Waals surface area contributed by atoms with Crippen LogP contribution in [-0.2, 0) is 13.6 Å². The normalized spacial score (nSPS) is 10.6. The summed E-state index contributed by atoms with van der Waals surface area (Å²) in [6, 6.07) is 7.55. The van der Waals surface area contributed by atoms with Crippen molar-refractivity contribution in [1.29, 1.82) is 0 Å². The Kier molecular flexibility index (Phi) is 4.57. The Morgan fingerprint density at radius 3 is 2.92 bits per heavy atom. The summed E-state index contributed by atoms with van der Waals surface area (Å²) < 4.78 is 1.58. The lowest BCUT2D eigenvalue weighted by Crippen LogP contribution is -2.26. The standard InChI is InChI=1S/C16H18N6OS/c1-21(2)15-6-7-17-14(19-15)10-18-16(23)12-9-11(20-22(12)3)13-5-4-8-24-13/h4-9H,10H2,1-3H3,(H,18,23). The molecule has 124 valence electrons. The molecule has 7 nitrogen and oxygen atoms in total. The average Bonchev–Trinajstić information content (AvgIpc) is 3.22. The SMILES string of the molecule is CN(C)c1ccnc(CNC(=O)c2cc(-c3cccs3)nn2C)n1. The molecule has 1 N–H and O–H groups in total. The van der Waals surface area contributed by atoms with Gasteiger partial charge in [-0.05, 0) is 23.6 Å². The number of nitrogens with one attached hydrogen (secondary N) is 1. The number of amides is 1. The molecule has 3 aromatic heterocycles. The van der Waals surface area contributed by atoms with Gasteiger partial charge in [0, 0.05) is 27.3 Å². The van der Waals surface area contributed by atoms with E-state index in [4.69, 9.17) is 0 Å². The van der Waals surface area contributed by atoms with Crippen LogP contribution in [0.2, 0.25) is 0 Å². The second kappa shape index (κ2) is 6.79. The highest BCUT2D eigenvalue weighted by molar-refractivity contribution is 7.13. The highest BCUT2D eigenvalue weighted by Crippen LogP contribution is 2.23. The first kappa shape index (κ1) is 16.1. The molecule has 0 aliphatic rings. The topological polar surface area (TPSA) is 75.9 Å². The Balaban J connectivity index is 1.70. The first-order valence-corrected chi connectivity index (χ1v) is 8.28. The van der Waals surface area contributed by atoms with Gasteiger partial charge in [-0.2, -0.15) is 5.10 Å². The van der Waals surface area contributed by atoms with Crippen molar-refractivity contribution in [3.05, 3.63) is 47.4 Å². The summed E-state index contributed by atoms with van der Waals surface area (Å²) in [7, 11) is 5.58. The van der Waals surface area contributed by atoms with E-state index >= 15 is 0 Å². The lowest BCUT2D eigenvalue weighted by atomic mass is 10.3. The Bertz CT molecular complexity index is 840. The molecule has 0 aromatic carbocycles. The maximum absolute atomic E-state index is 12.4. The number of hydrogen-bond acceptors (Lipinski definition) is 6. The zero-order valence-electron chi connectivity index (χ0n) is 13.7. The van der Waals surface area contributed by atoms with E-state index in [1.165, 1.54) is 0 Å². The Hall–Kier alpha value is -2.74. The van der Waals surface area contributed by atoms with E-state index in [1.807, 2.05) is 42.6 Å². The van der Waals surface area contributed by atoms with Gasteiger partial charge in [-0.25, -0.2) is 9.97 Å². The first-order chi connectivity index (χ1) is 11.5. The maximum atomic E-state index is 12.4. The van der Waals surface area contributed by atoms with Crippen LogP contribution < -0.4 is 10.2 Å². The number of nitrogens with zero attached hydrogens (tertiary/aromatic N) is 5. The van der Waals surface area contributed by atoms with Crippen LogP contribution in [0.5, 0.6) is 0 Å². The molecule has 3 heterocycles. The lowest BCUT2D eigenvalue weighted by Gasteiger charge is -2.11. The van der Waals surface area contributed by atoms with Crippen molar-refractivity contribution in [2.75, 3.05) is 19.0 Å². The van der Waals surface area contributed by atoms with Crippen molar-refractivity contribution in [2.24, 2.45) is 7.05 Å². The van der Waals surface area contributed by atoms with Crippen LogP contribution in [0, 0.1) is 0 Å². The van der Waals surface area contributed by atoms with Crippen LogP contribution in [-0.4, -0.2) is 39.8 Å². The smallest absolute Gasteiger partial charge is 0.269 e. The molecule has 0 radical (unpaired) electrons. The van der Waals surface area contributed by atoms with E-state index in [-0.39, 0.29) is 12.5 Å². The molecule has 0 atom stereocenters. The van der Waals surface area contributed by atoms with Gasteiger partial charge in [0.1, 0.15) is 23.0 Å². The molecule has 1 amide bonds. The zero-order chi connectivity index (χ0) is 17.1. The third kappa shape index (κ3) is 3.43. The van der Waals surface area contributed by atoms with Gasteiger partial charge >= 0.3 is 0 Å². The van der Waals surface area contributed by atoms with E-state index in [1.54, 1.807) is 35.3 Å². The lowest BCUT2D eigenvalue weighted by molar-refractivity contribution is 0.0940. The summed E-state index contributed by atoms with van der Waals surface area (Å²) in [4.78, 5) is 23.9. The number of anilines is 1. The summed E-state index contributed by atoms with van der Waals surface area (Å²) in [6.07, 6.45) is 1.68. The minimum absolute atomic E-state index is 0.202. The Morgan fingerprint density at radius 2 is 2.21 bits per heavy atom. The summed E-state index contributed by atoms with van der Waals surface area (Å²) in [6.45, 7) is 0.264. The van der Waals surface area contributed by atoms with Gasteiger partial charge in [0.05, 0.1) is 11.4 Å². The fourth-order valence-electron chi connectivity index (χ4n) is 2.20. The van der Waals surface area contributed by atoms with Crippen molar-refractivity contribution in [3.63, 3.8) is 0 Å².